The molecule has 0 aromatic heterocycles. The Morgan fingerprint density at radius 1 is 1.37 bits per heavy atom. The molecule has 1 aliphatic rings. The highest BCUT2D eigenvalue weighted by molar-refractivity contribution is 5.96. The van der Waals surface area contributed by atoms with Gasteiger partial charge in [-0.15, -0.1) is 0 Å². The largest absolute Gasteiger partial charge is 0.478 e. The van der Waals surface area contributed by atoms with E-state index in [0.717, 1.165) is 25.8 Å². The third kappa shape index (κ3) is 3.32. The number of nitrogens with one attached hydrogen (secondary N) is 2. The number of aryl methyl sites for hydroxylation is 1. The number of carboxylic acid groups (broad SMARTS) is 1. The van der Waals surface area contributed by atoms with Crippen LogP contribution >= 0.6 is 0 Å². The lowest BCUT2D eigenvalue weighted by atomic mass is 10.0. The third-order valence-electron chi connectivity index (χ3n) is 3.35. The number of benzene rings is 1. The zero-order valence-electron chi connectivity index (χ0n) is 10.9. The minimum Gasteiger partial charge on any atom is -0.478 e. The Bertz CT molecular complexity index is 493. The number of hydrogen-bond donors (Lipinski definition) is 3. The number of carboxylic acids is 1. The maximum Gasteiger partial charge on any atom is 0.335 e. The Hall–Kier alpha value is -1.88. The smallest absolute Gasteiger partial charge is 0.335 e. The normalized spacial score (nSPS) is 18.9. The van der Waals surface area contributed by atoms with Crippen LogP contribution in [0.1, 0.15) is 35.2 Å². The van der Waals surface area contributed by atoms with Crippen LogP contribution in [-0.4, -0.2) is 29.6 Å². The second kappa shape index (κ2) is 5.84. The lowest BCUT2D eigenvalue weighted by Gasteiger charge is -2.22. The SMILES string of the molecule is Cc1cc(NC(=O)[C@H]2CCCCN2)ccc1C(=O)O. The molecule has 102 valence electrons. The maximum absolute atomic E-state index is 12.0. The number of anilines is 1. The zero-order valence-corrected chi connectivity index (χ0v) is 10.9. The maximum atomic E-state index is 12.0. The average molecular weight is 262 g/mol. The van der Waals surface area contributed by atoms with E-state index in [4.69, 9.17) is 5.11 Å². The van der Waals surface area contributed by atoms with Crippen molar-refractivity contribution in [2.24, 2.45) is 0 Å². The number of carbonyl (C=O) groups excluding carboxylic acids is 1. The van der Waals surface area contributed by atoms with Gasteiger partial charge in [0, 0.05) is 5.69 Å². The van der Waals surface area contributed by atoms with Gasteiger partial charge in [-0.1, -0.05) is 6.42 Å². The second-order valence-electron chi connectivity index (χ2n) is 4.83. The number of hydrogen-bond acceptors (Lipinski definition) is 3. The fourth-order valence-corrected chi connectivity index (χ4v) is 2.29. The third-order valence-corrected chi connectivity index (χ3v) is 3.35. The van der Waals surface area contributed by atoms with Crippen LogP contribution in [0.5, 0.6) is 0 Å². The average Bonchev–Trinajstić information content (AvgIpc) is 2.39. The summed E-state index contributed by atoms with van der Waals surface area (Å²) in [4.78, 5) is 22.9. The molecule has 0 saturated carbocycles. The molecular formula is C14H18N2O3. The molecule has 1 aromatic rings. The molecule has 0 spiro atoms. The van der Waals surface area contributed by atoms with Gasteiger partial charge in [-0.05, 0) is 50.1 Å². The van der Waals surface area contributed by atoms with E-state index in [9.17, 15) is 9.59 Å². The predicted octanol–water partition coefficient (Wildman–Crippen LogP) is 1.77. The van der Waals surface area contributed by atoms with E-state index in [1.54, 1.807) is 19.1 Å². The van der Waals surface area contributed by atoms with E-state index in [1.165, 1.54) is 6.07 Å². The Kier molecular flexibility index (Phi) is 4.16. The summed E-state index contributed by atoms with van der Waals surface area (Å²) in [5, 5.41) is 14.9. The molecule has 1 heterocycles. The molecule has 1 aromatic carbocycles. The molecule has 1 amide bonds. The summed E-state index contributed by atoms with van der Waals surface area (Å²) in [6, 6.07) is 4.68. The van der Waals surface area contributed by atoms with Crippen molar-refractivity contribution in [2.75, 3.05) is 11.9 Å². The van der Waals surface area contributed by atoms with Gasteiger partial charge in [-0.3, -0.25) is 4.79 Å². The second-order valence-corrected chi connectivity index (χ2v) is 4.83. The van der Waals surface area contributed by atoms with Gasteiger partial charge >= 0.3 is 5.97 Å². The van der Waals surface area contributed by atoms with Crippen molar-refractivity contribution in [3.05, 3.63) is 29.3 Å². The van der Waals surface area contributed by atoms with Crippen LogP contribution in [0.25, 0.3) is 0 Å². The summed E-state index contributed by atoms with van der Waals surface area (Å²) in [5.74, 6) is -1.01. The summed E-state index contributed by atoms with van der Waals surface area (Å²) >= 11 is 0. The first-order chi connectivity index (χ1) is 9.08. The molecule has 2 rings (SSSR count). The first-order valence-electron chi connectivity index (χ1n) is 6.46. The molecule has 1 aliphatic heterocycles. The Labute approximate surface area is 112 Å². The number of aromatic carboxylic acids is 1. The Morgan fingerprint density at radius 3 is 2.74 bits per heavy atom. The topological polar surface area (TPSA) is 78.4 Å². The van der Waals surface area contributed by atoms with E-state index < -0.39 is 5.97 Å². The van der Waals surface area contributed by atoms with E-state index >= 15 is 0 Å². The lowest BCUT2D eigenvalue weighted by Crippen LogP contribution is -2.43. The minimum atomic E-state index is -0.954. The van der Waals surface area contributed by atoms with Gasteiger partial charge in [0.15, 0.2) is 0 Å². The van der Waals surface area contributed by atoms with Crippen LogP contribution in [0.15, 0.2) is 18.2 Å². The quantitative estimate of drug-likeness (QED) is 0.775. The molecule has 5 nitrogen and oxygen atoms in total. The van der Waals surface area contributed by atoms with E-state index in [-0.39, 0.29) is 17.5 Å². The van der Waals surface area contributed by atoms with Gasteiger partial charge in [-0.25, -0.2) is 4.79 Å². The van der Waals surface area contributed by atoms with Crippen molar-refractivity contribution >= 4 is 17.6 Å². The lowest BCUT2D eigenvalue weighted by molar-refractivity contribution is -0.118. The monoisotopic (exact) mass is 262 g/mol. The summed E-state index contributed by atoms with van der Waals surface area (Å²) < 4.78 is 0. The zero-order chi connectivity index (χ0) is 13.8. The van der Waals surface area contributed by atoms with E-state index in [0.29, 0.717) is 11.3 Å². The molecule has 0 unspecified atom stereocenters. The van der Waals surface area contributed by atoms with Crippen LogP contribution < -0.4 is 10.6 Å². The fraction of sp³-hybridized carbons (Fsp3) is 0.429. The van der Waals surface area contributed by atoms with Gasteiger partial charge in [0.05, 0.1) is 11.6 Å². The predicted molar refractivity (Wildman–Crippen MR) is 72.4 cm³/mol. The molecule has 0 bridgehead atoms. The molecule has 1 saturated heterocycles. The van der Waals surface area contributed by atoms with Crippen molar-refractivity contribution in [1.82, 2.24) is 5.32 Å². The highest BCUT2D eigenvalue weighted by Gasteiger charge is 2.20. The van der Waals surface area contributed by atoms with Crippen molar-refractivity contribution in [2.45, 2.75) is 32.2 Å². The van der Waals surface area contributed by atoms with Gasteiger partial charge in [0.2, 0.25) is 5.91 Å². The molecule has 0 aliphatic carbocycles. The van der Waals surface area contributed by atoms with Crippen molar-refractivity contribution in [3.63, 3.8) is 0 Å². The molecule has 1 fully saturated rings. The van der Waals surface area contributed by atoms with Crippen LogP contribution in [0, 0.1) is 6.92 Å². The van der Waals surface area contributed by atoms with Gasteiger partial charge in [-0.2, -0.15) is 0 Å². The standard InChI is InChI=1S/C14H18N2O3/c1-9-8-10(5-6-11(9)14(18)19)16-13(17)12-4-2-3-7-15-12/h5-6,8,12,15H,2-4,7H2,1H3,(H,16,17)(H,18,19)/t12-/m1/s1. The number of carbonyl (C=O) groups is 2. The molecule has 3 N–H and O–H groups in total. The van der Waals surface area contributed by atoms with Crippen molar-refractivity contribution < 1.29 is 14.7 Å². The number of amides is 1. The van der Waals surface area contributed by atoms with E-state index in [2.05, 4.69) is 10.6 Å². The first kappa shape index (κ1) is 13.5. The molecular weight excluding hydrogens is 244 g/mol. The van der Waals surface area contributed by atoms with Crippen molar-refractivity contribution in [3.8, 4) is 0 Å². The highest BCUT2D eigenvalue weighted by atomic mass is 16.4. The summed E-state index contributed by atoms with van der Waals surface area (Å²) in [5.41, 5.74) is 1.54. The Balaban J connectivity index is 2.04. The molecule has 0 radical (unpaired) electrons. The number of rotatable bonds is 3. The molecule has 5 heteroatoms. The van der Waals surface area contributed by atoms with Gasteiger partial charge in [0.25, 0.3) is 0 Å². The van der Waals surface area contributed by atoms with Gasteiger partial charge in [0.1, 0.15) is 0 Å². The Morgan fingerprint density at radius 2 is 2.16 bits per heavy atom. The molecule has 19 heavy (non-hydrogen) atoms. The van der Waals surface area contributed by atoms with E-state index in [1.807, 2.05) is 0 Å². The van der Waals surface area contributed by atoms with Crippen LogP contribution in [0.3, 0.4) is 0 Å². The molecule has 1 atom stereocenters. The van der Waals surface area contributed by atoms with Crippen molar-refractivity contribution in [1.29, 1.82) is 0 Å². The minimum absolute atomic E-state index is 0.0535. The highest BCUT2D eigenvalue weighted by Crippen LogP contribution is 2.16. The summed E-state index contributed by atoms with van der Waals surface area (Å²) in [7, 11) is 0. The van der Waals surface area contributed by atoms with Crippen LogP contribution in [-0.2, 0) is 4.79 Å². The summed E-state index contributed by atoms with van der Waals surface area (Å²) in [6.07, 6.45) is 3.01. The first-order valence-corrected chi connectivity index (χ1v) is 6.46. The van der Waals surface area contributed by atoms with Crippen LogP contribution in [0.2, 0.25) is 0 Å². The summed E-state index contributed by atoms with van der Waals surface area (Å²) in [6.45, 7) is 2.59. The van der Waals surface area contributed by atoms with Gasteiger partial charge < -0.3 is 15.7 Å². The fourth-order valence-electron chi connectivity index (χ4n) is 2.29. The van der Waals surface area contributed by atoms with Crippen LogP contribution in [0.4, 0.5) is 5.69 Å². The number of piperidine rings is 1.